The number of hydrogen-bond acceptors (Lipinski definition) is 4. The van der Waals surface area contributed by atoms with Crippen LogP contribution in [-0.2, 0) is 4.74 Å². The molecule has 1 aromatic heterocycles. The Kier molecular flexibility index (Phi) is 5.88. The maximum atomic E-state index is 11.9. The highest BCUT2D eigenvalue weighted by Crippen LogP contribution is 2.19. The summed E-state index contributed by atoms with van der Waals surface area (Å²) in [7, 11) is 3.36. The Morgan fingerprint density at radius 1 is 1.61 bits per heavy atom. The molecule has 0 fully saturated rings. The van der Waals surface area contributed by atoms with Crippen molar-refractivity contribution in [1.82, 2.24) is 10.3 Å². The molecule has 0 saturated carbocycles. The Morgan fingerprint density at radius 2 is 2.33 bits per heavy atom. The number of ether oxygens (including phenoxy) is 1. The van der Waals surface area contributed by atoms with Crippen molar-refractivity contribution < 1.29 is 9.53 Å². The smallest absolute Gasteiger partial charge is 0.253 e. The fraction of sp³-hybridized carbons (Fsp3) is 0.500. The van der Waals surface area contributed by atoms with Gasteiger partial charge < -0.3 is 15.4 Å². The summed E-state index contributed by atoms with van der Waals surface area (Å²) in [5.74, 6) is 0.372. The molecule has 1 heterocycles. The monoisotopic (exact) mass is 271 g/mol. The Morgan fingerprint density at radius 3 is 2.89 bits per heavy atom. The van der Waals surface area contributed by atoms with Crippen LogP contribution in [-0.4, -0.2) is 37.7 Å². The minimum absolute atomic E-state index is 0.0419. The first-order valence-corrected chi connectivity index (χ1v) is 6.09. The van der Waals surface area contributed by atoms with Gasteiger partial charge in [-0.3, -0.25) is 4.79 Å². The Labute approximate surface area is 112 Å². The molecule has 0 aliphatic carbocycles. The topological polar surface area (TPSA) is 63.2 Å². The average molecular weight is 272 g/mol. The lowest BCUT2D eigenvalue weighted by molar-refractivity contribution is 0.0929. The number of nitrogens with zero attached hydrogens (tertiary/aromatic N) is 1. The summed E-state index contributed by atoms with van der Waals surface area (Å²) in [6.07, 6.45) is 2.26. The summed E-state index contributed by atoms with van der Waals surface area (Å²) in [6, 6.07) is 1.64. The quantitative estimate of drug-likeness (QED) is 0.830. The maximum absolute atomic E-state index is 11.9. The molecule has 1 rings (SSSR count). The molecule has 0 radical (unpaired) electrons. The zero-order valence-corrected chi connectivity index (χ0v) is 11.5. The van der Waals surface area contributed by atoms with E-state index in [1.54, 1.807) is 20.2 Å². The van der Waals surface area contributed by atoms with Crippen molar-refractivity contribution in [1.29, 1.82) is 0 Å². The first-order chi connectivity index (χ1) is 8.58. The molecule has 5 nitrogen and oxygen atoms in total. The van der Waals surface area contributed by atoms with Gasteiger partial charge in [-0.05, 0) is 19.4 Å². The van der Waals surface area contributed by atoms with Crippen molar-refractivity contribution in [2.75, 3.05) is 26.1 Å². The van der Waals surface area contributed by atoms with Crippen LogP contribution in [0.4, 0.5) is 5.82 Å². The van der Waals surface area contributed by atoms with E-state index >= 15 is 0 Å². The van der Waals surface area contributed by atoms with Crippen LogP contribution in [0.2, 0.25) is 5.02 Å². The molecule has 1 aromatic rings. The second-order valence-corrected chi connectivity index (χ2v) is 4.37. The number of aromatic nitrogens is 1. The number of rotatable bonds is 6. The van der Waals surface area contributed by atoms with Gasteiger partial charge in [-0.15, -0.1) is 0 Å². The molecule has 0 aliphatic rings. The Hall–Kier alpha value is -1.33. The molecule has 0 bridgehead atoms. The lowest BCUT2D eigenvalue weighted by Crippen LogP contribution is -2.33. The third-order valence-corrected chi connectivity index (χ3v) is 2.76. The Bertz CT molecular complexity index is 412. The number of amides is 1. The van der Waals surface area contributed by atoms with Crippen molar-refractivity contribution >= 4 is 23.3 Å². The summed E-state index contributed by atoms with van der Waals surface area (Å²) in [6.45, 7) is 2.53. The van der Waals surface area contributed by atoms with E-state index < -0.39 is 0 Å². The molecule has 2 N–H and O–H groups in total. The second-order valence-electron chi connectivity index (χ2n) is 3.96. The van der Waals surface area contributed by atoms with Gasteiger partial charge in [0.1, 0.15) is 5.82 Å². The molecular formula is C12H18ClN3O2. The first kappa shape index (κ1) is 14.7. The highest BCUT2D eigenvalue weighted by atomic mass is 35.5. The van der Waals surface area contributed by atoms with Gasteiger partial charge in [0, 0.05) is 33.0 Å². The summed E-state index contributed by atoms with van der Waals surface area (Å²) in [5, 5.41) is 6.12. The average Bonchev–Trinajstić information content (AvgIpc) is 2.36. The van der Waals surface area contributed by atoms with Crippen molar-refractivity contribution in [2.45, 2.75) is 19.4 Å². The summed E-state index contributed by atoms with van der Waals surface area (Å²) < 4.78 is 4.96. The largest absolute Gasteiger partial charge is 0.385 e. The van der Waals surface area contributed by atoms with Crippen LogP contribution >= 0.6 is 11.6 Å². The van der Waals surface area contributed by atoms with E-state index in [4.69, 9.17) is 16.3 Å². The minimum Gasteiger partial charge on any atom is -0.385 e. The van der Waals surface area contributed by atoms with Gasteiger partial charge >= 0.3 is 0 Å². The van der Waals surface area contributed by atoms with E-state index in [1.165, 1.54) is 6.20 Å². The van der Waals surface area contributed by atoms with E-state index in [1.807, 2.05) is 6.92 Å². The number of anilines is 1. The molecule has 1 atom stereocenters. The molecule has 18 heavy (non-hydrogen) atoms. The normalized spacial score (nSPS) is 12.0. The molecule has 6 heteroatoms. The van der Waals surface area contributed by atoms with Gasteiger partial charge in [-0.2, -0.15) is 0 Å². The molecule has 1 unspecified atom stereocenters. The van der Waals surface area contributed by atoms with E-state index in [-0.39, 0.29) is 11.9 Å². The summed E-state index contributed by atoms with van der Waals surface area (Å²) >= 11 is 5.97. The third kappa shape index (κ3) is 4.16. The number of methoxy groups -OCH3 is 1. The number of hydrogen-bond donors (Lipinski definition) is 2. The second kappa shape index (κ2) is 7.18. The van der Waals surface area contributed by atoms with E-state index in [0.717, 1.165) is 6.42 Å². The van der Waals surface area contributed by atoms with Gasteiger partial charge in [0.25, 0.3) is 5.91 Å². The van der Waals surface area contributed by atoms with Crippen LogP contribution in [0.1, 0.15) is 23.7 Å². The minimum atomic E-state index is -0.185. The van der Waals surface area contributed by atoms with Crippen LogP contribution in [0.5, 0.6) is 0 Å². The standard InChI is InChI=1S/C12H18ClN3O2/c1-8(4-5-18-3)16-12(17)9-6-10(13)11(14-2)15-7-9/h6-8H,4-5H2,1-3H3,(H,14,15)(H,16,17). The lowest BCUT2D eigenvalue weighted by Gasteiger charge is -2.13. The number of carbonyl (C=O) groups is 1. The van der Waals surface area contributed by atoms with Crippen molar-refractivity contribution in [3.8, 4) is 0 Å². The SMILES string of the molecule is CNc1ncc(C(=O)NC(C)CCOC)cc1Cl. The van der Waals surface area contributed by atoms with Crippen molar-refractivity contribution in [3.63, 3.8) is 0 Å². The van der Waals surface area contributed by atoms with Gasteiger partial charge in [0.05, 0.1) is 10.6 Å². The molecule has 1 amide bonds. The fourth-order valence-corrected chi connectivity index (χ4v) is 1.68. The van der Waals surface area contributed by atoms with E-state index in [2.05, 4.69) is 15.6 Å². The first-order valence-electron chi connectivity index (χ1n) is 5.71. The zero-order valence-electron chi connectivity index (χ0n) is 10.8. The van der Waals surface area contributed by atoms with Crippen LogP contribution in [0.15, 0.2) is 12.3 Å². The van der Waals surface area contributed by atoms with Crippen LogP contribution in [0, 0.1) is 0 Å². The predicted molar refractivity (Wildman–Crippen MR) is 72.2 cm³/mol. The Balaban J connectivity index is 2.64. The summed E-state index contributed by atoms with van der Waals surface area (Å²) in [5.41, 5.74) is 0.447. The molecular weight excluding hydrogens is 254 g/mol. The van der Waals surface area contributed by atoms with Gasteiger partial charge in [0.2, 0.25) is 0 Å². The fourth-order valence-electron chi connectivity index (χ4n) is 1.42. The van der Waals surface area contributed by atoms with Crippen LogP contribution in [0.25, 0.3) is 0 Å². The number of halogens is 1. The maximum Gasteiger partial charge on any atom is 0.253 e. The molecule has 0 aromatic carbocycles. The number of carbonyl (C=O) groups excluding carboxylic acids is 1. The zero-order chi connectivity index (χ0) is 13.5. The van der Waals surface area contributed by atoms with Crippen LogP contribution in [0.3, 0.4) is 0 Å². The molecule has 0 saturated heterocycles. The van der Waals surface area contributed by atoms with Crippen molar-refractivity contribution in [2.24, 2.45) is 0 Å². The van der Waals surface area contributed by atoms with Crippen molar-refractivity contribution in [3.05, 3.63) is 22.8 Å². The third-order valence-electron chi connectivity index (χ3n) is 2.47. The van der Waals surface area contributed by atoms with Gasteiger partial charge in [0.15, 0.2) is 0 Å². The predicted octanol–water partition coefficient (Wildman–Crippen LogP) is 1.93. The van der Waals surface area contributed by atoms with E-state index in [0.29, 0.717) is 23.0 Å². The highest BCUT2D eigenvalue weighted by Gasteiger charge is 2.12. The lowest BCUT2D eigenvalue weighted by atomic mass is 10.2. The number of pyridine rings is 1. The molecule has 0 spiro atoms. The summed E-state index contributed by atoms with van der Waals surface area (Å²) in [4.78, 5) is 16.0. The molecule has 100 valence electrons. The van der Waals surface area contributed by atoms with Gasteiger partial charge in [-0.1, -0.05) is 11.6 Å². The van der Waals surface area contributed by atoms with E-state index in [9.17, 15) is 4.79 Å². The van der Waals surface area contributed by atoms with Crippen LogP contribution < -0.4 is 10.6 Å². The molecule has 0 aliphatic heterocycles. The van der Waals surface area contributed by atoms with Gasteiger partial charge in [-0.25, -0.2) is 4.98 Å². The number of nitrogens with one attached hydrogen (secondary N) is 2. The highest BCUT2D eigenvalue weighted by molar-refractivity contribution is 6.33.